The zero-order chi connectivity index (χ0) is 15.7. The molecule has 0 saturated carbocycles. The topological polar surface area (TPSA) is 74.1 Å². The predicted molar refractivity (Wildman–Crippen MR) is 83.3 cm³/mol. The first-order chi connectivity index (χ1) is 9.89. The van der Waals surface area contributed by atoms with Gasteiger partial charge >= 0.3 is 0 Å². The molecule has 21 heavy (non-hydrogen) atoms. The van der Waals surface area contributed by atoms with Crippen molar-refractivity contribution in [2.75, 3.05) is 23.7 Å². The normalized spacial score (nSPS) is 20.0. The number of rotatable bonds is 3. The molecule has 2 rings (SSSR count). The van der Waals surface area contributed by atoms with Gasteiger partial charge in [0.25, 0.3) is 0 Å². The number of pyridine rings is 1. The molecule has 1 saturated heterocycles. The van der Waals surface area contributed by atoms with Crippen molar-refractivity contribution in [1.29, 1.82) is 5.26 Å². The Morgan fingerprint density at radius 2 is 2.10 bits per heavy atom. The second-order valence-corrected chi connectivity index (χ2v) is 8.15. The molecule has 0 aromatic carbocycles. The maximum atomic E-state index is 12.4. The number of nitrogens with zero attached hydrogens (tertiary/aromatic N) is 3. The smallest absolute Gasteiger partial charge is 0.161 e. The van der Waals surface area contributed by atoms with Crippen molar-refractivity contribution in [2.24, 2.45) is 0 Å². The first kappa shape index (κ1) is 16.1. The Balaban J connectivity index is 2.38. The standard InChI is InChI=1S/C14H18ClN3O2S/c1-3-14(4-2)10-18(7-8-21(14,19)20)13-6-5-11(15)12(9-16)17-13/h5-6H,3-4,7-8,10H2,1-2H3. The highest BCUT2D eigenvalue weighted by Gasteiger charge is 2.45. The van der Waals surface area contributed by atoms with E-state index in [1.54, 1.807) is 12.1 Å². The summed E-state index contributed by atoms with van der Waals surface area (Å²) in [5, 5.41) is 9.32. The van der Waals surface area contributed by atoms with Crippen LogP contribution in [0.5, 0.6) is 0 Å². The van der Waals surface area contributed by atoms with Crippen LogP contribution in [0.4, 0.5) is 5.82 Å². The molecule has 0 unspecified atom stereocenters. The maximum absolute atomic E-state index is 12.4. The van der Waals surface area contributed by atoms with Crippen LogP contribution >= 0.6 is 11.6 Å². The maximum Gasteiger partial charge on any atom is 0.161 e. The highest BCUT2D eigenvalue weighted by molar-refractivity contribution is 7.92. The van der Waals surface area contributed by atoms with Gasteiger partial charge in [-0.15, -0.1) is 0 Å². The zero-order valence-electron chi connectivity index (χ0n) is 12.1. The Morgan fingerprint density at radius 1 is 1.43 bits per heavy atom. The SMILES string of the molecule is CCC1(CC)CN(c2ccc(Cl)c(C#N)n2)CCS1(=O)=O. The van der Waals surface area contributed by atoms with Gasteiger partial charge in [-0.3, -0.25) is 0 Å². The van der Waals surface area contributed by atoms with Crippen LogP contribution in [0.1, 0.15) is 32.4 Å². The molecule has 0 N–H and O–H groups in total. The molecular weight excluding hydrogens is 310 g/mol. The summed E-state index contributed by atoms with van der Waals surface area (Å²) >= 11 is 5.89. The van der Waals surface area contributed by atoms with Gasteiger partial charge in [-0.1, -0.05) is 25.4 Å². The molecule has 0 aliphatic carbocycles. The predicted octanol–water partition coefficient (Wildman–Crippen LogP) is 2.40. The van der Waals surface area contributed by atoms with Crippen LogP contribution in [0.3, 0.4) is 0 Å². The molecular formula is C14H18ClN3O2S. The summed E-state index contributed by atoms with van der Waals surface area (Å²) in [5.41, 5.74) is 0.168. The van der Waals surface area contributed by atoms with Gasteiger partial charge in [0.2, 0.25) is 0 Å². The Morgan fingerprint density at radius 3 is 2.67 bits per heavy atom. The largest absolute Gasteiger partial charge is 0.354 e. The van der Waals surface area contributed by atoms with Crippen molar-refractivity contribution in [1.82, 2.24) is 4.98 Å². The van der Waals surface area contributed by atoms with E-state index in [0.29, 0.717) is 36.8 Å². The molecule has 0 bridgehead atoms. The van der Waals surface area contributed by atoms with Gasteiger partial charge in [-0.25, -0.2) is 13.4 Å². The second kappa shape index (κ2) is 5.82. The third kappa shape index (κ3) is 2.72. The van der Waals surface area contributed by atoms with E-state index in [1.807, 2.05) is 24.8 Å². The first-order valence-corrected chi connectivity index (χ1v) is 8.96. The molecule has 1 aliphatic rings. The van der Waals surface area contributed by atoms with Crippen molar-refractivity contribution in [3.8, 4) is 6.07 Å². The van der Waals surface area contributed by atoms with Crippen LogP contribution in [0.15, 0.2) is 12.1 Å². The average Bonchev–Trinajstić information content (AvgIpc) is 2.48. The Kier molecular flexibility index (Phi) is 4.45. The fourth-order valence-electron chi connectivity index (χ4n) is 2.77. The molecule has 0 spiro atoms. The molecule has 1 fully saturated rings. The number of anilines is 1. The molecule has 0 radical (unpaired) electrons. The van der Waals surface area contributed by atoms with Crippen LogP contribution in [0.25, 0.3) is 0 Å². The van der Waals surface area contributed by atoms with Crippen LogP contribution in [-0.4, -0.2) is 37.0 Å². The van der Waals surface area contributed by atoms with Crippen molar-refractivity contribution >= 4 is 27.3 Å². The third-order valence-electron chi connectivity index (χ3n) is 4.32. The lowest BCUT2D eigenvalue weighted by Crippen LogP contribution is -2.56. The summed E-state index contributed by atoms with van der Waals surface area (Å²) in [6.07, 6.45) is 1.14. The summed E-state index contributed by atoms with van der Waals surface area (Å²) in [7, 11) is -3.11. The second-order valence-electron chi connectivity index (χ2n) is 5.24. The van der Waals surface area contributed by atoms with Crippen molar-refractivity contribution in [2.45, 2.75) is 31.4 Å². The monoisotopic (exact) mass is 327 g/mol. The van der Waals surface area contributed by atoms with E-state index in [-0.39, 0.29) is 11.4 Å². The van der Waals surface area contributed by atoms with E-state index in [2.05, 4.69) is 4.98 Å². The summed E-state index contributed by atoms with van der Waals surface area (Å²) in [5.74, 6) is 0.720. The number of hydrogen-bond acceptors (Lipinski definition) is 5. The fraction of sp³-hybridized carbons (Fsp3) is 0.571. The van der Waals surface area contributed by atoms with Crippen LogP contribution in [0.2, 0.25) is 5.02 Å². The molecule has 7 heteroatoms. The Hall–Kier alpha value is -1.32. The van der Waals surface area contributed by atoms with Gasteiger partial charge in [-0.05, 0) is 25.0 Å². The van der Waals surface area contributed by atoms with E-state index < -0.39 is 14.6 Å². The number of halogens is 1. The first-order valence-electron chi connectivity index (χ1n) is 6.93. The zero-order valence-corrected chi connectivity index (χ0v) is 13.7. The van der Waals surface area contributed by atoms with E-state index >= 15 is 0 Å². The molecule has 5 nitrogen and oxygen atoms in total. The minimum Gasteiger partial charge on any atom is -0.354 e. The van der Waals surface area contributed by atoms with E-state index in [4.69, 9.17) is 16.9 Å². The van der Waals surface area contributed by atoms with Gasteiger partial charge < -0.3 is 4.90 Å². The minimum absolute atomic E-state index is 0.112. The van der Waals surface area contributed by atoms with E-state index in [1.165, 1.54) is 0 Å². The lowest BCUT2D eigenvalue weighted by atomic mass is 10.0. The van der Waals surface area contributed by atoms with E-state index in [0.717, 1.165) is 0 Å². The minimum atomic E-state index is -3.11. The quantitative estimate of drug-likeness (QED) is 0.852. The van der Waals surface area contributed by atoms with Gasteiger partial charge in [0.1, 0.15) is 11.9 Å². The summed E-state index contributed by atoms with van der Waals surface area (Å²) in [6.45, 7) is 4.60. The van der Waals surface area contributed by atoms with E-state index in [9.17, 15) is 8.42 Å². The van der Waals surface area contributed by atoms with Crippen LogP contribution in [-0.2, 0) is 9.84 Å². The van der Waals surface area contributed by atoms with Gasteiger partial charge in [0, 0.05) is 13.1 Å². The molecule has 0 amide bonds. The van der Waals surface area contributed by atoms with Gasteiger partial charge in [-0.2, -0.15) is 5.26 Å². The van der Waals surface area contributed by atoms with Crippen LogP contribution < -0.4 is 4.90 Å². The number of sulfone groups is 1. The van der Waals surface area contributed by atoms with Crippen molar-refractivity contribution in [3.63, 3.8) is 0 Å². The molecule has 1 aromatic rings. The van der Waals surface area contributed by atoms with Gasteiger partial charge in [0.15, 0.2) is 15.5 Å². The summed E-state index contributed by atoms with van der Waals surface area (Å²) in [6, 6.07) is 5.32. The molecule has 1 aliphatic heterocycles. The summed E-state index contributed by atoms with van der Waals surface area (Å²) in [4.78, 5) is 6.17. The third-order valence-corrected chi connectivity index (χ3v) is 7.37. The molecule has 114 valence electrons. The number of nitriles is 1. The summed E-state index contributed by atoms with van der Waals surface area (Å²) < 4.78 is 24.1. The Labute approximate surface area is 130 Å². The highest BCUT2D eigenvalue weighted by Crippen LogP contribution is 2.33. The molecule has 0 atom stereocenters. The Bertz CT molecular complexity index is 678. The van der Waals surface area contributed by atoms with Crippen molar-refractivity contribution < 1.29 is 8.42 Å². The molecule has 2 heterocycles. The lowest BCUT2D eigenvalue weighted by molar-refractivity contribution is 0.457. The van der Waals surface area contributed by atoms with Gasteiger partial charge in [0.05, 0.1) is 15.5 Å². The number of hydrogen-bond donors (Lipinski definition) is 0. The fourth-order valence-corrected chi connectivity index (χ4v) is 5.04. The lowest BCUT2D eigenvalue weighted by Gasteiger charge is -2.41. The number of aromatic nitrogens is 1. The highest BCUT2D eigenvalue weighted by atomic mass is 35.5. The van der Waals surface area contributed by atoms with Crippen LogP contribution in [0, 0.1) is 11.3 Å². The molecule has 1 aromatic heterocycles. The average molecular weight is 328 g/mol. The van der Waals surface area contributed by atoms with Crippen molar-refractivity contribution in [3.05, 3.63) is 22.8 Å².